The van der Waals surface area contributed by atoms with Crippen molar-refractivity contribution in [1.29, 1.82) is 0 Å². The van der Waals surface area contributed by atoms with Gasteiger partial charge in [-0.1, -0.05) is 16.8 Å². The molecule has 0 radical (unpaired) electrons. The molecular formula is C19H15ClFN3O2. The van der Waals surface area contributed by atoms with Crippen LogP contribution in [0.2, 0.25) is 5.02 Å². The molecule has 0 aliphatic heterocycles. The first-order valence-corrected chi connectivity index (χ1v) is 8.12. The van der Waals surface area contributed by atoms with Gasteiger partial charge in [0.05, 0.1) is 5.57 Å². The van der Waals surface area contributed by atoms with E-state index in [-0.39, 0.29) is 17.3 Å². The lowest BCUT2D eigenvalue weighted by Gasteiger charge is -2.08. The van der Waals surface area contributed by atoms with E-state index in [0.29, 0.717) is 27.9 Å². The molecule has 0 saturated carbocycles. The molecule has 0 aliphatic carbocycles. The number of aromatic nitrogens is 1. The quantitative estimate of drug-likeness (QED) is 0.628. The number of carbonyl (C=O) groups excluding carboxylic acids is 1. The average molecular weight is 372 g/mol. The third kappa shape index (κ3) is 4.49. The van der Waals surface area contributed by atoms with Crippen LogP contribution in [-0.4, -0.2) is 11.1 Å². The van der Waals surface area contributed by atoms with E-state index in [9.17, 15) is 9.18 Å². The fourth-order valence-electron chi connectivity index (χ4n) is 2.18. The minimum absolute atomic E-state index is 0.265. The summed E-state index contributed by atoms with van der Waals surface area (Å²) in [6, 6.07) is 14.2. The van der Waals surface area contributed by atoms with Crippen LogP contribution in [0.3, 0.4) is 0 Å². The van der Waals surface area contributed by atoms with Crippen molar-refractivity contribution in [3.8, 4) is 0 Å². The highest BCUT2D eigenvalue weighted by Gasteiger charge is 2.16. The Bertz CT molecular complexity index is 934. The number of nitrogens with one attached hydrogen (secondary N) is 2. The number of rotatable bonds is 5. The van der Waals surface area contributed by atoms with Crippen molar-refractivity contribution in [2.75, 3.05) is 10.6 Å². The lowest BCUT2D eigenvalue weighted by molar-refractivity contribution is -0.111. The fourth-order valence-corrected chi connectivity index (χ4v) is 2.31. The lowest BCUT2D eigenvalue weighted by Crippen LogP contribution is -2.15. The van der Waals surface area contributed by atoms with Gasteiger partial charge in [-0.15, -0.1) is 0 Å². The first-order chi connectivity index (χ1) is 12.5. The second kappa shape index (κ2) is 7.84. The van der Waals surface area contributed by atoms with Gasteiger partial charge in [0.2, 0.25) is 0 Å². The number of hydrogen-bond acceptors (Lipinski definition) is 4. The molecule has 3 rings (SSSR count). The van der Waals surface area contributed by atoms with E-state index in [1.54, 1.807) is 49.4 Å². The molecule has 1 amide bonds. The van der Waals surface area contributed by atoms with E-state index in [0.717, 1.165) is 0 Å². The Morgan fingerprint density at radius 3 is 2.38 bits per heavy atom. The van der Waals surface area contributed by atoms with E-state index in [1.165, 1.54) is 18.3 Å². The predicted octanol–water partition coefficient (Wildman–Crippen LogP) is 4.87. The van der Waals surface area contributed by atoms with Crippen molar-refractivity contribution in [3.63, 3.8) is 0 Å². The Hall–Kier alpha value is -3.12. The predicted molar refractivity (Wildman–Crippen MR) is 99.3 cm³/mol. The molecule has 0 unspecified atom stereocenters. The third-order valence-electron chi connectivity index (χ3n) is 3.48. The smallest absolute Gasteiger partial charge is 0.259 e. The Morgan fingerprint density at radius 1 is 1.12 bits per heavy atom. The summed E-state index contributed by atoms with van der Waals surface area (Å²) in [6.45, 7) is 1.73. The standard InChI is InChI=1S/C19H15ClFN3O2/c1-12-10-18(24-26-12)17(11-22-15-8-4-14(21)5-9-15)19(25)23-16-6-2-13(20)3-7-16/h2-11,22H,1H3,(H,23,25)/b17-11-. The van der Waals surface area contributed by atoms with Gasteiger partial charge in [0.1, 0.15) is 17.3 Å². The van der Waals surface area contributed by atoms with Crippen molar-refractivity contribution < 1.29 is 13.7 Å². The number of aryl methyl sites for hydroxylation is 1. The number of amides is 1. The lowest BCUT2D eigenvalue weighted by atomic mass is 10.1. The maximum absolute atomic E-state index is 13.0. The molecule has 0 spiro atoms. The van der Waals surface area contributed by atoms with E-state index < -0.39 is 0 Å². The van der Waals surface area contributed by atoms with Crippen molar-refractivity contribution in [3.05, 3.63) is 83.1 Å². The number of nitrogens with zero attached hydrogens (tertiary/aromatic N) is 1. The van der Waals surface area contributed by atoms with Crippen molar-refractivity contribution in [1.82, 2.24) is 5.16 Å². The van der Waals surface area contributed by atoms with Crippen LogP contribution in [-0.2, 0) is 4.79 Å². The van der Waals surface area contributed by atoms with Gasteiger partial charge in [0.15, 0.2) is 0 Å². The van der Waals surface area contributed by atoms with Gasteiger partial charge < -0.3 is 15.2 Å². The molecule has 7 heteroatoms. The Balaban J connectivity index is 1.84. The summed E-state index contributed by atoms with van der Waals surface area (Å²) in [7, 11) is 0. The number of benzene rings is 2. The minimum atomic E-state index is -0.379. The van der Waals surface area contributed by atoms with Crippen LogP contribution in [0.4, 0.5) is 15.8 Å². The molecule has 0 bridgehead atoms. The first kappa shape index (κ1) is 17.7. The topological polar surface area (TPSA) is 67.2 Å². The summed E-state index contributed by atoms with van der Waals surface area (Å²) in [6.07, 6.45) is 1.50. The zero-order valence-corrected chi connectivity index (χ0v) is 14.5. The molecule has 132 valence electrons. The maximum Gasteiger partial charge on any atom is 0.259 e. The zero-order valence-electron chi connectivity index (χ0n) is 13.8. The molecular weight excluding hydrogens is 357 g/mol. The molecule has 1 heterocycles. The first-order valence-electron chi connectivity index (χ1n) is 7.74. The van der Waals surface area contributed by atoms with E-state index in [2.05, 4.69) is 15.8 Å². The Kier molecular flexibility index (Phi) is 5.34. The summed E-state index contributed by atoms with van der Waals surface area (Å²) in [5.41, 5.74) is 1.86. The molecule has 0 fully saturated rings. The highest BCUT2D eigenvalue weighted by Crippen LogP contribution is 2.20. The van der Waals surface area contributed by atoms with Crippen LogP contribution in [0.15, 0.2) is 65.3 Å². The molecule has 3 aromatic rings. The summed E-state index contributed by atoms with van der Waals surface area (Å²) in [5, 5.41) is 10.2. The molecule has 0 atom stereocenters. The van der Waals surface area contributed by atoms with Gasteiger partial charge in [-0.3, -0.25) is 4.79 Å². The zero-order chi connectivity index (χ0) is 18.5. The van der Waals surface area contributed by atoms with Crippen molar-refractivity contribution in [2.45, 2.75) is 6.92 Å². The van der Waals surface area contributed by atoms with Crippen LogP contribution < -0.4 is 10.6 Å². The summed E-state index contributed by atoms with van der Waals surface area (Å²) in [4.78, 5) is 12.7. The monoisotopic (exact) mass is 371 g/mol. The van der Waals surface area contributed by atoms with Gasteiger partial charge in [-0.25, -0.2) is 4.39 Å². The van der Waals surface area contributed by atoms with Crippen LogP contribution in [0.25, 0.3) is 5.57 Å². The Morgan fingerprint density at radius 2 is 1.77 bits per heavy atom. The third-order valence-corrected chi connectivity index (χ3v) is 3.73. The van der Waals surface area contributed by atoms with Gasteiger partial charge in [0.25, 0.3) is 5.91 Å². The average Bonchev–Trinajstić information content (AvgIpc) is 3.05. The van der Waals surface area contributed by atoms with Gasteiger partial charge in [-0.2, -0.15) is 0 Å². The Labute approximate surface area is 154 Å². The molecule has 2 N–H and O–H groups in total. The molecule has 0 aliphatic rings. The van der Waals surface area contributed by atoms with E-state index in [4.69, 9.17) is 16.1 Å². The second-order valence-electron chi connectivity index (χ2n) is 5.49. The number of carbonyl (C=O) groups is 1. The highest BCUT2D eigenvalue weighted by atomic mass is 35.5. The number of halogens is 2. The van der Waals surface area contributed by atoms with Gasteiger partial charge >= 0.3 is 0 Å². The van der Waals surface area contributed by atoms with E-state index >= 15 is 0 Å². The summed E-state index contributed by atoms with van der Waals surface area (Å²) >= 11 is 5.85. The van der Waals surface area contributed by atoms with Crippen LogP contribution in [0.5, 0.6) is 0 Å². The second-order valence-corrected chi connectivity index (χ2v) is 5.93. The highest BCUT2D eigenvalue weighted by molar-refractivity contribution is 6.30. The maximum atomic E-state index is 13.0. The van der Waals surface area contributed by atoms with Crippen LogP contribution in [0.1, 0.15) is 11.5 Å². The SMILES string of the molecule is Cc1cc(/C(=C/Nc2ccc(F)cc2)C(=O)Nc2ccc(Cl)cc2)no1. The summed E-state index contributed by atoms with van der Waals surface area (Å²) in [5.74, 6) is -0.144. The van der Waals surface area contributed by atoms with E-state index in [1.807, 2.05) is 0 Å². The molecule has 5 nitrogen and oxygen atoms in total. The molecule has 26 heavy (non-hydrogen) atoms. The fraction of sp³-hybridized carbons (Fsp3) is 0.0526. The molecule has 1 aromatic heterocycles. The van der Waals surface area contributed by atoms with Crippen LogP contribution >= 0.6 is 11.6 Å². The molecule has 0 saturated heterocycles. The molecule has 2 aromatic carbocycles. The number of anilines is 2. The van der Waals surface area contributed by atoms with Gasteiger partial charge in [0, 0.05) is 28.7 Å². The van der Waals surface area contributed by atoms with Crippen molar-refractivity contribution >= 4 is 34.5 Å². The largest absolute Gasteiger partial charge is 0.361 e. The minimum Gasteiger partial charge on any atom is -0.361 e. The normalized spacial score (nSPS) is 11.3. The summed E-state index contributed by atoms with van der Waals surface area (Å²) < 4.78 is 18.1. The van der Waals surface area contributed by atoms with Gasteiger partial charge in [-0.05, 0) is 55.5 Å². The van der Waals surface area contributed by atoms with Crippen LogP contribution in [0, 0.1) is 12.7 Å². The number of hydrogen-bond donors (Lipinski definition) is 2. The van der Waals surface area contributed by atoms with Crippen molar-refractivity contribution in [2.24, 2.45) is 0 Å².